The molecule has 10 heteroatoms. The number of rotatable bonds is 6. The fourth-order valence-electron chi connectivity index (χ4n) is 6.13. The van der Waals surface area contributed by atoms with Crippen LogP contribution >= 0.6 is 0 Å². The van der Waals surface area contributed by atoms with Crippen LogP contribution in [0.4, 0.5) is 21.0 Å². The summed E-state index contributed by atoms with van der Waals surface area (Å²) < 4.78 is 2.94. The van der Waals surface area contributed by atoms with Crippen LogP contribution in [0.25, 0.3) is 0 Å². The van der Waals surface area contributed by atoms with Gasteiger partial charge in [-0.2, -0.15) is 0 Å². The summed E-state index contributed by atoms with van der Waals surface area (Å²) >= 11 is 0. The number of nitrogens with one attached hydrogen (secondary N) is 2. The lowest BCUT2D eigenvalue weighted by Crippen LogP contribution is -2.21. The molecule has 41 heavy (non-hydrogen) atoms. The van der Waals surface area contributed by atoms with Crippen molar-refractivity contribution in [2.24, 2.45) is 0 Å². The molecule has 2 amide bonds. The number of amides is 2. The Morgan fingerprint density at radius 2 is 1.73 bits per heavy atom. The molecule has 4 aromatic heterocycles. The minimum absolute atomic E-state index is 0.0149. The van der Waals surface area contributed by atoms with Crippen LogP contribution < -0.4 is 10.6 Å². The molecule has 0 fully saturated rings. The zero-order valence-electron chi connectivity index (χ0n) is 24.0. The van der Waals surface area contributed by atoms with Gasteiger partial charge in [-0.25, -0.2) is 19.6 Å². The van der Waals surface area contributed by atoms with Crippen molar-refractivity contribution in [1.29, 1.82) is 0 Å². The molecule has 2 aliphatic rings. The van der Waals surface area contributed by atoms with Gasteiger partial charge in [-0.1, -0.05) is 27.7 Å². The zero-order valence-corrected chi connectivity index (χ0v) is 24.0. The van der Waals surface area contributed by atoms with Crippen molar-refractivity contribution in [3.8, 4) is 0 Å². The van der Waals surface area contributed by atoms with Crippen LogP contribution in [0.1, 0.15) is 97.6 Å². The fraction of sp³-hybridized carbons (Fsp3) is 0.419. The van der Waals surface area contributed by atoms with Crippen molar-refractivity contribution in [2.45, 2.75) is 84.0 Å². The van der Waals surface area contributed by atoms with Crippen molar-refractivity contribution >= 4 is 23.4 Å². The Bertz CT molecular complexity index is 1600. The lowest BCUT2D eigenvalue weighted by molar-refractivity contribution is 0.252. The van der Waals surface area contributed by atoms with E-state index in [1.165, 1.54) is 26.6 Å². The summed E-state index contributed by atoms with van der Waals surface area (Å²) in [7, 11) is 0. The van der Waals surface area contributed by atoms with E-state index in [0.29, 0.717) is 12.3 Å². The number of carbonyl (C=O) groups is 2. The summed E-state index contributed by atoms with van der Waals surface area (Å²) in [5.41, 5.74) is 9.07. The Balaban J connectivity index is 1.21. The molecule has 4 heterocycles. The average molecular weight is 553 g/mol. The summed E-state index contributed by atoms with van der Waals surface area (Å²) in [6.07, 6.45) is 17.2. The number of carbonyl (C=O) groups excluding carboxylic acids is 2. The SMILES string of the molecule is CC(C)c1cncc(C(C)Cc2cn(C(=O)Nc3c4c(nc5c3CCC5C)CCC4)cn2)c1NC(=O)n1ccnc1. The van der Waals surface area contributed by atoms with Gasteiger partial charge in [-0.05, 0) is 78.5 Å². The number of hydrogen-bond acceptors (Lipinski definition) is 6. The van der Waals surface area contributed by atoms with Crippen molar-refractivity contribution in [3.05, 3.63) is 83.0 Å². The molecule has 0 bridgehead atoms. The van der Waals surface area contributed by atoms with E-state index in [-0.39, 0.29) is 23.9 Å². The van der Waals surface area contributed by atoms with Crippen molar-refractivity contribution in [3.63, 3.8) is 0 Å². The molecule has 2 N–H and O–H groups in total. The Kier molecular flexibility index (Phi) is 7.15. The smallest absolute Gasteiger partial charge is 0.307 e. The van der Waals surface area contributed by atoms with Crippen LogP contribution in [0, 0.1) is 0 Å². The number of imidazole rings is 2. The van der Waals surface area contributed by atoms with Gasteiger partial charge in [0.25, 0.3) is 0 Å². The summed E-state index contributed by atoms with van der Waals surface area (Å²) in [6.45, 7) is 8.45. The highest BCUT2D eigenvalue weighted by Gasteiger charge is 2.30. The maximum atomic E-state index is 13.4. The first-order chi connectivity index (χ1) is 19.8. The first kappa shape index (κ1) is 26.9. The highest BCUT2D eigenvalue weighted by atomic mass is 16.2. The quantitative estimate of drug-likeness (QED) is 0.301. The van der Waals surface area contributed by atoms with E-state index < -0.39 is 0 Å². The van der Waals surface area contributed by atoms with Gasteiger partial charge in [0, 0.05) is 42.4 Å². The van der Waals surface area contributed by atoms with E-state index in [2.05, 4.69) is 53.3 Å². The first-order valence-electron chi connectivity index (χ1n) is 14.5. The number of aromatic nitrogens is 6. The molecule has 2 aliphatic carbocycles. The lowest BCUT2D eigenvalue weighted by Gasteiger charge is -2.21. The number of fused-ring (bicyclic) bond motifs is 2. The van der Waals surface area contributed by atoms with E-state index in [0.717, 1.165) is 71.7 Å². The maximum absolute atomic E-state index is 13.4. The van der Waals surface area contributed by atoms with E-state index >= 15 is 0 Å². The van der Waals surface area contributed by atoms with Crippen molar-refractivity contribution in [1.82, 2.24) is 29.1 Å². The molecular weight excluding hydrogens is 516 g/mol. The van der Waals surface area contributed by atoms with Gasteiger partial charge in [0.15, 0.2) is 0 Å². The third-order valence-corrected chi connectivity index (χ3v) is 8.40. The van der Waals surface area contributed by atoms with E-state index in [1.54, 1.807) is 37.3 Å². The summed E-state index contributed by atoms with van der Waals surface area (Å²) in [4.78, 5) is 44.3. The van der Waals surface area contributed by atoms with Crippen LogP contribution in [-0.2, 0) is 25.7 Å². The van der Waals surface area contributed by atoms with Gasteiger partial charge >= 0.3 is 12.1 Å². The second-order valence-corrected chi connectivity index (χ2v) is 11.6. The van der Waals surface area contributed by atoms with E-state index in [4.69, 9.17) is 4.98 Å². The lowest BCUT2D eigenvalue weighted by atomic mass is 9.92. The molecule has 10 nitrogen and oxygen atoms in total. The van der Waals surface area contributed by atoms with Crippen LogP contribution in [0.3, 0.4) is 0 Å². The molecule has 4 aromatic rings. The molecule has 2 atom stereocenters. The predicted octanol–water partition coefficient (Wildman–Crippen LogP) is 6.04. The summed E-state index contributed by atoms with van der Waals surface area (Å²) in [5, 5.41) is 6.29. The second-order valence-electron chi connectivity index (χ2n) is 11.6. The van der Waals surface area contributed by atoms with Crippen molar-refractivity contribution < 1.29 is 9.59 Å². The molecule has 0 radical (unpaired) electrons. The highest BCUT2D eigenvalue weighted by Crippen LogP contribution is 2.41. The average Bonchev–Trinajstić information content (AvgIpc) is 3.76. The summed E-state index contributed by atoms with van der Waals surface area (Å²) in [5.74, 6) is 0.569. The van der Waals surface area contributed by atoms with E-state index in [1.807, 2.05) is 0 Å². The molecule has 0 aliphatic heterocycles. The first-order valence-corrected chi connectivity index (χ1v) is 14.5. The van der Waals surface area contributed by atoms with Crippen molar-refractivity contribution in [2.75, 3.05) is 10.6 Å². The van der Waals surface area contributed by atoms with Gasteiger partial charge in [-0.15, -0.1) is 0 Å². The van der Waals surface area contributed by atoms with Crippen LogP contribution in [-0.4, -0.2) is 41.1 Å². The van der Waals surface area contributed by atoms with E-state index in [9.17, 15) is 9.59 Å². The summed E-state index contributed by atoms with van der Waals surface area (Å²) in [6, 6.07) is -0.497. The predicted molar refractivity (Wildman–Crippen MR) is 157 cm³/mol. The number of aryl methyl sites for hydroxylation is 1. The Labute approximate surface area is 239 Å². The van der Waals surface area contributed by atoms with Crippen LogP contribution in [0.5, 0.6) is 0 Å². The normalized spacial score (nSPS) is 16.5. The van der Waals surface area contributed by atoms with Crippen LogP contribution in [0.2, 0.25) is 0 Å². The third-order valence-electron chi connectivity index (χ3n) is 8.40. The number of nitrogens with zero attached hydrogens (tertiary/aromatic N) is 6. The Hall–Kier alpha value is -4.34. The Morgan fingerprint density at radius 3 is 2.51 bits per heavy atom. The largest absolute Gasteiger partial charge is 0.331 e. The number of hydrogen-bond donors (Lipinski definition) is 2. The second kappa shape index (κ2) is 10.9. The monoisotopic (exact) mass is 552 g/mol. The molecular formula is C31H36N8O2. The van der Waals surface area contributed by atoms with Gasteiger partial charge < -0.3 is 10.6 Å². The molecule has 6 rings (SSSR count). The minimum atomic E-state index is -0.284. The topological polar surface area (TPSA) is 120 Å². The van der Waals surface area contributed by atoms with Gasteiger partial charge in [-0.3, -0.25) is 19.1 Å². The van der Waals surface area contributed by atoms with Gasteiger partial charge in [0.05, 0.1) is 17.1 Å². The molecule has 0 spiro atoms. The number of anilines is 2. The van der Waals surface area contributed by atoms with Crippen LogP contribution in [0.15, 0.2) is 43.6 Å². The third kappa shape index (κ3) is 5.14. The molecule has 0 saturated carbocycles. The zero-order chi connectivity index (χ0) is 28.7. The molecule has 0 aromatic carbocycles. The standard InChI is InChI=1S/C31H36N8O2/c1-18(2)24-13-33-14-25(29(24)37-30(40)38-11-10-32-16-38)20(4)12-21-15-39(17-34-21)31(41)36-28-22-6-5-7-26(22)35-27-19(3)8-9-23(27)28/h10-11,13-20H,5-9,12H2,1-4H3,(H,33,37,40)(H,35,36,41). The molecule has 0 saturated heterocycles. The van der Waals surface area contributed by atoms with Gasteiger partial charge in [0.1, 0.15) is 12.7 Å². The molecule has 2 unspecified atom stereocenters. The fourth-order valence-corrected chi connectivity index (χ4v) is 6.13. The highest BCUT2D eigenvalue weighted by molar-refractivity contribution is 5.94. The number of pyridine rings is 2. The Morgan fingerprint density at radius 1 is 0.951 bits per heavy atom. The van der Waals surface area contributed by atoms with Gasteiger partial charge in [0.2, 0.25) is 0 Å². The maximum Gasteiger partial charge on any atom is 0.331 e. The molecule has 212 valence electrons. The minimum Gasteiger partial charge on any atom is -0.307 e.